The molecule has 0 spiro atoms. The van der Waals surface area contributed by atoms with Crippen LogP contribution in [-0.4, -0.2) is 21.4 Å². The van der Waals surface area contributed by atoms with Crippen LogP contribution in [0.3, 0.4) is 0 Å². The minimum absolute atomic E-state index is 0.00576. The number of para-hydroxylation sites is 2. The quantitative estimate of drug-likeness (QED) is 0.591. The lowest BCUT2D eigenvalue weighted by atomic mass is 10.3. The van der Waals surface area contributed by atoms with Crippen LogP contribution >= 0.6 is 0 Å². The molecule has 1 aromatic heterocycles. The molecule has 0 aliphatic rings. The SMILES string of the molecule is COc1ccccc1NS(=O)(=O)c1cccc(NC(=O)/C=C/c2ccco2)c1. The summed E-state index contributed by atoms with van der Waals surface area (Å²) in [7, 11) is -2.41. The first-order chi connectivity index (χ1) is 13.5. The number of methoxy groups -OCH3 is 1. The summed E-state index contributed by atoms with van der Waals surface area (Å²) in [6.07, 6.45) is 4.31. The van der Waals surface area contributed by atoms with Gasteiger partial charge in [0.25, 0.3) is 10.0 Å². The van der Waals surface area contributed by atoms with Gasteiger partial charge in [-0.25, -0.2) is 8.42 Å². The molecule has 7 nitrogen and oxygen atoms in total. The molecule has 144 valence electrons. The van der Waals surface area contributed by atoms with Crippen molar-refractivity contribution in [3.05, 3.63) is 78.8 Å². The van der Waals surface area contributed by atoms with Crippen molar-refractivity contribution in [2.24, 2.45) is 0 Å². The molecule has 1 heterocycles. The molecule has 0 aliphatic heterocycles. The van der Waals surface area contributed by atoms with Crippen molar-refractivity contribution < 1.29 is 22.4 Å². The Hall–Kier alpha value is -3.52. The lowest BCUT2D eigenvalue weighted by Gasteiger charge is -2.12. The lowest BCUT2D eigenvalue weighted by Crippen LogP contribution is -2.14. The summed E-state index contributed by atoms with van der Waals surface area (Å²) in [5.41, 5.74) is 0.665. The second-order valence-corrected chi connectivity index (χ2v) is 7.35. The third-order valence-corrected chi connectivity index (χ3v) is 5.07. The Morgan fingerprint density at radius 1 is 1.07 bits per heavy atom. The van der Waals surface area contributed by atoms with E-state index < -0.39 is 15.9 Å². The minimum Gasteiger partial charge on any atom is -0.495 e. The fraction of sp³-hybridized carbons (Fsp3) is 0.0500. The summed E-state index contributed by atoms with van der Waals surface area (Å²) in [5.74, 6) is 0.523. The van der Waals surface area contributed by atoms with Crippen molar-refractivity contribution in [3.8, 4) is 5.75 Å². The predicted molar refractivity (Wildman–Crippen MR) is 107 cm³/mol. The van der Waals surface area contributed by atoms with Crippen LogP contribution in [0.1, 0.15) is 5.76 Å². The number of amides is 1. The maximum Gasteiger partial charge on any atom is 0.262 e. The molecule has 0 fully saturated rings. The van der Waals surface area contributed by atoms with E-state index in [0.29, 0.717) is 22.9 Å². The van der Waals surface area contributed by atoms with Crippen molar-refractivity contribution in [1.82, 2.24) is 0 Å². The van der Waals surface area contributed by atoms with Gasteiger partial charge in [-0.2, -0.15) is 0 Å². The summed E-state index contributed by atoms with van der Waals surface area (Å²) >= 11 is 0. The average molecular weight is 398 g/mol. The molecule has 0 unspecified atom stereocenters. The van der Waals surface area contributed by atoms with Crippen LogP contribution in [0, 0.1) is 0 Å². The van der Waals surface area contributed by atoms with Gasteiger partial charge in [-0.1, -0.05) is 18.2 Å². The van der Waals surface area contributed by atoms with E-state index in [0.717, 1.165) is 0 Å². The van der Waals surface area contributed by atoms with Gasteiger partial charge in [-0.05, 0) is 48.5 Å². The van der Waals surface area contributed by atoms with Gasteiger partial charge in [0.05, 0.1) is 24.0 Å². The number of rotatable bonds is 7. The Morgan fingerprint density at radius 2 is 1.89 bits per heavy atom. The second kappa shape index (κ2) is 8.45. The first-order valence-corrected chi connectivity index (χ1v) is 9.75. The fourth-order valence-electron chi connectivity index (χ4n) is 2.40. The van der Waals surface area contributed by atoms with Crippen LogP contribution in [0.25, 0.3) is 6.08 Å². The van der Waals surface area contributed by atoms with E-state index in [9.17, 15) is 13.2 Å². The highest BCUT2D eigenvalue weighted by Gasteiger charge is 2.17. The number of benzene rings is 2. The topological polar surface area (TPSA) is 97.6 Å². The van der Waals surface area contributed by atoms with E-state index in [4.69, 9.17) is 9.15 Å². The summed E-state index contributed by atoms with van der Waals surface area (Å²) in [6, 6.07) is 16.1. The molecular weight excluding hydrogens is 380 g/mol. The molecule has 0 aliphatic carbocycles. The first kappa shape index (κ1) is 19.2. The van der Waals surface area contributed by atoms with Crippen molar-refractivity contribution in [2.75, 3.05) is 17.1 Å². The van der Waals surface area contributed by atoms with Gasteiger partial charge >= 0.3 is 0 Å². The summed E-state index contributed by atoms with van der Waals surface area (Å²) in [6.45, 7) is 0. The maximum atomic E-state index is 12.7. The monoisotopic (exact) mass is 398 g/mol. The highest BCUT2D eigenvalue weighted by molar-refractivity contribution is 7.92. The molecule has 0 saturated heterocycles. The van der Waals surface area contributed by atoms with E-state index in [1.54, 1.807) is 48.5 Å². The van der Waals surface area contributed by atoms with E-state index in [1.807, 2.05) is 0 Å². The number of furan rings is 1. The van der Waals surface area contributed by atoms with Gasteiger partial charge in [0, 0.05) is 11.8 Å². The van der Waals surface area contributed by atoms with E-state index in [-0.39, 0.29) is 4.90 Å². The normalized spacial score (nSPS) is 11.3. The van der Waals surface area contributed by atoms with E-state index >= 15 is 0 Å². The van der Waals surface area contributed by atoms with Crippen molar-refractivity contribution in [2.45, 2.75) is 4.90 Å². The molecular formula is C20H18N2O5S. The molecule has 2 aromatic carbocycles. The van der Waals surface area contributed by atoms with Crippen LogP contribution in [0.5, 0.6) is 5.75 Å². The third-order valence-electron chi connectivity index (χ3n) is 3.71. The molecule has 0 atom stereocenters. The summed E-state index contributed by atoms with van der Waals surface area (Å²) in [4.78, 5) is 12.0. The van der Waals surface area contributed by atoms with Gasteiger partial charge in [-0.15, -0.1) is 0 Å². The number of carbonyl (C=O) groups excluding carboxylic acids is 1. The summed E-state index contributed by atoms with van der Waals surface area (Å²) in [5, 5.41) is 2.62. The van der Waals surface area contributed by atoms with Crippen LogP contribution in [0.2, 0.25) is 0 Å². The Bertz CT molecular complexity index is 1090. The molecule has 0 saturated carbocycles. The van der Waals surface area contributed by atoms with Crippen LogP contribution in [0.15, 0.2) is 82.3 Å². The van der Waals surface area contributed by atoms with Gasteiger partial charge in [0.15, 0.2) is 0 Å². The Balaban J connectivity index is 1.75. The standard InChI is InChI=1S/C20H18N2O5S/c1-26-19-10-3-2-9-18(19)22-28(24,25)17-8-4-6-15(14-17)21-20(23)12-11-16-7-5-13-27-16/h2-14,22H,1H3,(H,21,23)/b12-11+. The van der Waals surface area contributed by atoms with E-state index in [1.165, 1.54) is 37.7 Å². The lowest BCUT2D eigenvalue weighted by molar-refractivity contribution is -0.111. The second-order valence-electron chi connectivity index (χ2n) is 5.67. The minimum atomic E-state index is -3.87. The molecule has 28 heavy (non-hydrogen) atoms. The third kappa shape index (κ3) is 4.80. The first-order valence-electron chi connectivity index (χ1n) is 8.26. The maximum absolute atomic E-state index is 12.7. The van der Waals surface area contributed by atoms with Gasteiger partial charge in [0.2, 0.25) is 5.91 Å². The molecule has 2 N–H and O–H groups in total. The Morgan fingerprint density at radius 3 is 2.64 bits per heavy atom. The largest absolute Gasteiger partial charge is 0.495 e. The van der Waals surface area contributed by atoms with Crippen molar-refractivity contribution in [1.29, 1.82) is 0 Å². The fourth-order valence-corrected chi connectivity index (χ4v) is 3.52. The average Bonchev–Trinajstić information content (AvgIpc) is 3.20. The van der Waals surface area contributed by atoms with Crippen LogP contribution in [-0.2, 0) is 14.8 Å². The number of hydrogen-bond acceptors (Lipinski definition) is 5. The highest BCUT2D eigenvalue weighted by Crippen LogP contribution is 2.26. The Labute approximate surface area is 162 Å². The number of hydrogen-bond donors (Lipinski definition) is 2. The number of carbonyl (C=O) groups is 1. The molecule has 3 rings (SSSR count). The van der Waals surface area contributed by atoms with Crippen LogP contribution < -0.4 is 14.8 Å². The number of ether oxygens (including phenoxy) is 1. The number of anilines is 2. The van der Waals surface area contributed by atoms with Gasteiger partial charge < -0.3 is 14.5 Å². The predicted octanol–water partition coefficient (Wildman–Crippen LogP) is 3.74. The molecule has 1 amide bonds. The zero-order valence-corrected chi connectivity index (χ0v) is 15.8. The van der Waals surface area contributed by atoms with E-state index in [2.05, 4.69) is 10.0 Å². The smallest absolute Gasteiger partial charge is 0.262 e. The summed E-state index contributed by atoms with van der Waals surface area (Å²) < 4.78 is 38.1. The molecule has 0 radical (unpaired) electrons. The van der Waals surface area contributed by atoms with Crippen molar-refractivity contribution in [3.63, 3.8) is 0 Å². The van der Waals surface area contributed by atoms with Crippen LogP contribution in [0.4, 0.5) is 11.4 Å². The number of sulfonamides is 1. The zero-order valence-electron chi connectivity index (χ0n) is 15.0. The van der Waals surface area contributed by atoms with Gasteiger partial charge in [-0.3, -0.25) is 9.52 Å². The highest BCUT2D eigenvalue weighted by atomic mass is 32.2. The Kier molecular flexibility index (Phi) is 5.81. The van der Waals surface area contributed by atoms with Gasteiger partial charge in [0.1, 0.15) is 11.5 Å². The molecule has 3 aromatic rings. The zero-order chi connectivity index (χ0) is 20.0. The molecule has 8 heteroatoms. The molecule has 0 bridgehead atoms. The number of nitrogens with one attached hydrogen (secondary N) is 2. The van der Waals surface area contributed by atoms with Crippen molar-refractivity contribution >= 4 is 33.4 Å².